The van der Waals surface area contributed by atoms with Crippen LogP contribution in [0.5, 0.6) is 0 Å². The second-order valence-corrected chi connectivity index (χ2v) is 5.59. The SMILES string of the molecule is C=CCCC1=C(Sc2ccccc2)CCCC1=O. The molecule has 0 aliphatic heterocycles. The van der Waals surface area contributed by atoms with Gasteiger partial charge in [-0.05, 0) is 42.7 Å². The van der Waals surface area contributed by atoms with Gasteiger partial charge in [-0.25, -0.2) is 0 Å². The quantitative estimate of drug-likeness (QED) is 0.709. The van der Waals surface area contributed by atoms with E-state index in [0.29, 0.717) is 12.2 Å². The Balaban J connectivity index is 2.19. The van der Waals surface area contributed by atoms with Crippen LogP contribution in [0, 0.1) is 0 Å². The smallest absolute Gasteiger partial charge is 0.159 e. The minimum Gasteiger partial charge on any atom is -0.295 e. The van der Waals surface area contributed by atoms with E-state index in [4.69, 9.17) is 0 Å². The molecule has 0 atom stereocenters. The lowest BCUT2D eigenvalue weighted by Crippen LogP contribution is -2.10. The first-order valence-corrected chi connectivity index (χ1v) is 7.22. The number of ketones is 1. The molecule has 18 heavy (non-hydrogen) atoms. The summed E-state index contributed by atoms with van der Waals surface area (Å²) in [7, 11) is 0. The van der Waals surface area contributed by atoms with Crippen molar-refractivity contribution >= 4 is 17.5 Å². The Morgan fingerprint density at radius 2 is 2.00 bits per heavy atom. The van der Waals surface area contributed by atoms with Gasteiger partial charge in [-0.1, -0.05) is 36.0 Å². The van der Waals surface area contributed by atoms with Gasteiger partial charge in [0.1, 0.15) is 0 Å². The fourth-order valence-electron chi connectivity index (χ4n) is 2.14. The maximum absolute atomic E-state index is 12.0. The maximum Gasteiger partial charge on any atom is 0.159 e. The van der Waals surface area contributed by atoms with Crippen molar-refractivity contribution in [2.24, 2.45) is 0 Å². The standard InChI is InChI=1S/C16H18OS/c1-2-3-10-14-15(17)11-7-12-16(14)18-13-8-5-4-6-9-13/h2,4-6,8-9H,1,3,7,10-12H2. The van der Waals surface area contributed by atoms with E-state index in [1.165, 1.54) is 9.80 Å². The van der Waals surface area contributed by atoms with Crippen LogP contribution in [-0.4, -0.2) is 5.78 Å². The number of benzene rings is 1. The molecule has 94 valence electrons. The highest BCUT2D eigenvalue weighted by Crippen LogP contribution is 2.37. The Labute approximate surface area is 113 Å². The molecule has 0 bridgehead atoms. The molecule has 0 N–H and O–H groups in total. The zero-order valence-corrected chi connectivity index (χ0v) is 11.3. The first-order valence-electron chi connectivity index (χ1n) is 6.40. The molecule has 1 aromatic carbocycles. The van der Waals surface area contributed by atoms with E-state index in [9.17, 15) is 4.79 Å². The summed E-state index contributed by atoms with van der Waals surface area (Å²) < 4.78 is 0. The number of thioether (sulfide) groups is 1. The Bertz CT molecular complexity index is 459. The Hall–Kier alpha value is -1.28. The van der Waals surface area contributed by atoms with Crippen molar-refractivity contribution in [3.8, 4) is 0 Å². The third-order valence-electron chi connectivity index (χ3n) is 3.06. The third kappa shape index (κ3) is 3.36. The van der Waals surface area contributed by atoms with E-state index in [1.54, 1.807) is 11.8 Å². The summed E-state index contributed by atoms with van der Waals surface area (Å²) in [6.07, 6.45) is 6.37. The average Bonchev–Trinajstić information content (AvgIpc) is 2.39. The molecular weight excluding hydrogens is 240 g/mol. The molecule has 2 rings (SSSR count). The summed E-state index contributed by atoms with van der Waals surface area (Å²) in [4.78, 5) is 14.5. The normalized spacial score (nSPS) is 15.9. The van der Waals surface area contributed by atoms with Crippen LogP contribution >= 0.6 is 11.8 Å². The monoisotopic (exact) mass is 258 g/mol. The fraction of sp³-hybridized carbons (Fsp3) is 0.312. The zero-order valence-electron chi connectivity index (χ0n) is 10.5. The van der Waals surface area contributed by atoms with Gasteiger partial charge in [0, 0.05) is 16.9 Å². The van der Waals surface area contributed by atoms with Crippen molar-refractivity contribution in [2.75, 3.05) is 0 Å². The molecule has 0 saturated carbocycles. The van der Waals surface area contributed by atoms with Crippen LogP contribution in [0.4, 0.5) is 0 Å². The van der Waals surface area contributed by atoms with Crippen LogP contribution in [0.2, 0.25) is 0 Å². The molecule has 0 aromatic heterocycles. The summed E-state index contributed by atoms with van der Waals surface area (Å²) in [5, 5.41) is 0. The lowest BCUT2D eigenvalue weighted by Gasteiger charge is -2.18. The molecule has 0 unspecified atom stereocenters. The van der Waals surface area contributed by atoms with Crippen LogP contribution in [0.15, 0.2) is 58.4 Å². The molecule has 1 aliphatic carbocycles. The Kier molecular flexibility index (Phi) is 4.82. The highest BCUT2D eigenvalue weighted by molar-refractivity contribution is 8.03. The van der Waals surface area contributed by atoms with Gasteiger partial charge in [0.05, 0.1) is 0 Å². The highest BCUT2D eigenvalue weighted by Gasteiger charge is 2.20. The lowest BCUT2D eigenvalue weighted by atomic mass is 9.94. The second-order valence-electron chi connectivity index (χ2n) is 4.42. The number of carbonyl (C=O) groups excluding carboxylic acids is 1. The van der Waals surface area contributed by atoms with E-state index >= 15 is 0 Å². The second kappa shape index (κ2) is 6.60. The van der Waals surface area contributed by atoms with Crippen molar-refractivity contribution in [1.29, 1.82) is 0 Å². The lowest BCUT2D eigenvalue weighted by molar-refractivity contribution is -0.116. The summed E-state index contributed by atoms with van der Waals surface area (Å²) in [5.74, 6) is 0.335. The van der Waals surface area contributed by atoms with Crippen LogP contribution in [-0.2, 0) is 4.79 Å². The first-order chi connectivity index (χ1) is 8.81. The minimum absolute atomic E-state index is 0.335. The largest absolute Gasteiger partial charge is 0.295 e. The van der Waals surface area contributed by atoms with E-state index in [0.717, 1.165) is 31.3 Å². The van der Waals surface area contributed by atoms with E-state index < -0.39 is 0 Å². The topological polar surface area (TPSA) is 17.1 Å². The summed E-state index contributed by atoms with van der Waals surface area (Å²) in [6.45, 7) is 3.74. The summed E-state index contributed by atoms with van der Waals surface area (Å²) in [6, 6.07) is 10.3. The number of hydrogen-bond donors (Lipinski definition) is 0. The van der Waals surface area contributed by atoms with Gasteiger partial charge in [-0.2, -0.15) is 0 Å². The summed E-state index contributed by atoms with van der Waals surface area (Å²) in [5.41, 5.74) is 1.04. The molecule has 0 radical (unpaired) electrons. The number of rotatable bonds is 5. The van der Waals surface area contributed by atoms with Gasteiger partial charge in [0.15, 0.2) is 5.78 Å². The van der Waals surface area contributed by atoms with E-state index in [-0.39, 0.29) is 0 Å². The summed E-state index contributed by atoms with van der Waals surface area (Å²) >= 11 is 1.75. The van der Waals surface area contributed by atoms with Crippen molar-refractivity contribution in [2.45, 2.75) is 37.0 Å². The van der Waals surface area contributed by atoms with Gasteiger partial charge < -0.3 is 0 Å². The average molecular weight is 258 g/mol. The van der Waals surface area contributed by atoms with Gasteiger partial charge in [-0.15, -0.1) is 6.58 Å². The van der Waals surface area contributed by atoms with Gasteiger partial charge in [-0.3, -0.25) is 4.79 Å². The van der Waals surface area contributed by atoms with Crippen molar-refractivity contribution in [3.63, 3.8) is 0 Å². The van der Waals surface area contributed by atoms with E-state index in [1.807, 2.05) is 24.3 Å². The van der Waals surface area contributed by atoms with Gasteiger partial charge >= 0.3 is 0 Å². The predicted molar refractivity (Wildman–Crippen MR) is 77.6 cm³/mol. The van der Waals surface area contributed by atoms with Gasteiger partial charge in [0.25, 0.3) is 0 Å². The van der Waals surface area contributed by atoms with Crippen LogP contribution in [0.3, 0.4) is 0 Å². The molecule has 0 amide bonds. The van der Waals surface area contributed by atoms with E-state index in [2.05, 4.69) is 18.7 Å². The van der Waals surface area contributed by atoms with Crippen LogP contribution < -0.4 is 0 Å². The molecule has 1 nitrogen and oxygen atoms in total. The molecular formula is C16H18OS. The Morgan fingerprint density at radius 1 is 1.22 bits per heavy atom. The molecule has 0 saturated heterocycles. The Morgan fingerprint density at radius 3 is 2.72 bits per heavy atom. The molecule has 0 heterocycles. The maximum atomic E-state index is 12.0. The van der Waals surface area contributed by atoms with Crippen LogP contribution in [0.25, 0.3) is 0 Å². The van der Waals surface area contributed by atoms with Crippen molar-refractivity contribution in [3.05, 3.63) is 53.5 Å². The zero-order chi connectivity index (χ0) is 12.8. The number of carbonyl (C=O) groups is 1. The fourth-order valence-corrected chi connectivity index (χ4v) is 3.30. The highest BCUT2D eigenvalue weighted by atomic mass is 32.2. The van der Waals surface area contributed by atoms with Gasteiger partial charge in [0.2, 0.25) is 0 Å². The molecule has 2 heteroatoms. The number of allylic oxidation sites excluding steroid dienone is 3. The molecule has 0 spiro atoms. The number of hydrogen-bond acceptors (Lipinski definition) is 2. The molecule has 1 aliphatic rings. The predicted octanol–water partition coefficient (Wildman–Crippen LogP) is 4.75. The minimum atomic E-state index is 0.335. The van der Waals surface area contributed by atoms with Crippen LogP contribution in [0.1, 0.15) is 32.1 Å². The van der Waals surface area contributed by atoms with Crippen molar-refractivity contribution in [1.82, 2.24) is 0 Å². The molecule has 0 fully saturated rings. The first kappa shape index (κ1) is 13.2. The molecule has 1 aromatic rings. The third-order valence-corrected chi connectivity index (χ3v) is 4.27. The number of Topliss-reactive ketones (excluding diaryl/α,β-unsaturated/α-hetero) is 1. The van der Waals surface area contributed by atoms with Crippen molar-refractivity contribution < 1.29 is 4.79 Å².